The summed E-state index contributed by atoms with van der Waals surface area (Å²) in [5, 5.41) is 5.38. The van der Waals surface area contributed by atoms with E-state index in [1.54, 1.807) is 18.2 Å². The van der Waals surface area contributed by atoms with E-state index in [9.17, 15) is 4.79 Å². The fourth-order valence-electron chi connectivity index (χ4n) is 2.15. The second-order valence-electron chi connectivity index (χ2n) is 4.97. The lowest BCUT2D eigenvalue weighted by atomic mass is 10.1. The summed E-state index contributed by atoms with van der Waals surface area (Å²) in [6.07, 6.45) is 0. The highest BCUT2D eigenvalue weighted by Crippen LogP contribution is 2.23. The summed E-state index contributed by atoms with van der Waals surface area (Å²) < 4.78 is 2.40. The van der Waals surface area contributed by atoms with Gasteiger partial charge in [0.05, 0.1) is 22.3 Å². The average molecular weight is 410 g/mol. The molecule has 0 atom stereocenters. The van der Waals surface area contributed by atoms with Gasteiger partial charge in [-0.05, 0) is 35.9 Å². The first-order valence-electron chi connectivity index (χ1n) is 6.81. The van der Waals surface area contributed by atoms with Crippen LogP contribution in [0.3, 0.4) is 0 Å². The minimum absolute atomic E-state index is 0.170. The molecule has 0 aliphatic carbocycles. The molecule has 23 heavy (non-hydrogen) atoms. The van der Waals surface area contributed by atoms with Crippen molar-refractivity contribution >= 4 is 39.1 Å². The molecule has 0 aliphatic heterocycles. The van der Waals surface area contributed by atoms with E-state index >= 15 is 0 Å². The molecule has 1 aromatic heterocycles. The Kier molecular flexibility index (Phi) is 4.85. The van der Waals surface area contributed by atoms with E-state index in [4.69, 9.17) is 23.2 Å². The largest absolute Gasteiger partial charge is 0.268 e. The molecule has 3 rings (SSSR count). The van der Waals surface area contributed by atoms with Gasteiger partial charge in [-0.3, -0.25) is 4.79 Å². The summed E-state index contributed by atoms with van der Waals surface area (Å²) in [5.74, 6) is 0. The lowest BCUT2D eigenvalue weighted by Crippen LogP contribution is -2.22. The van der Waals surface area contributed by atoms with E-state index in [0.29, 0.717) is 16.6 Å². The third kappa shape index (κ3) is 3.83. The zero-order chi connectivity index (χ0) is 16.4. The van der Waals surface area contributed by atoms with Gasteiger partial charge in [0.15, 0.2) is 0 Å². The number of nitrogens with zero attached hydrogens (tertiary/aromatic N) is 2. The lowest BCUT2D eigenvalue weighted by Gasteiger charge is -2.08. The summed E-state index contributed by atoms with van der Waals surface area (Å²) in [5.41, 5.74) is 2.37. The van der Waals surface area contributed by atoms with E-state index < -0.39 is 0 Å². The van der Waals surface area contributed by atoms with Gasteiger partial charge in [-0.25, -0.2) is 4.68 Å². The first kappa shape index (κ1) is 16.2. The van der Waals surface area contributed by atoms with Crippen molar-refractivity contribution in [3.05, 3.63) is 85.0 Å². The minimum Gasteiger partial charge on any atom is -0.268 e. The molecule has 0 unspecified atom stereocenters. The van der Waals surface area contributed by atoms with Crippen molar-refractivity contribution in [2.45, 2.75) is 6.54 Å². The Hall–Kier alpha value is -1.62. The van der Waals surface area contributed by atoms with Crippen molar-refractivity contribution in [1.29, 1.82) is 0 Å². The minimum atomic E-state index is -0.170. The van der Waals surface area contributed by atoms with Crippen LogP contribution in [0.2, 0.25) is 10.0 Å². The van der Waals surface area contributed by atoms with Gasteiger partial charge < -0.3 is 0 Å². The van der Waals surface area contributed by atoms with Gasteiger partial charge in [0.1, 0.15) is 0 Å². The van der Waals surface area contributed by atoms with Crippen molar-refractivity contribution < 1.29 is 0 Å². The fourth-order valence-corrected chi connectivity index (χ4v) is 2.73. The zero-order valence-corrected chi connectivity index (χ0v) is 14.9. The highest BCUT2D eigenvalue weighted by molar-refractivity contribution is 9.10. The maximum Gasteiger partial charge on any atom is 0.267 e. The molecule has 6 heteroatoms. The molecule has 116 valence electrons. The predicted octanol–water partition coefficient (Wildman–Crippen LogP) is 5.03. The number of hydrogen-bond acceptors (Lipinski definition) is 2. The van der Waals surface area contributed by atoms with Gasteiger partial charge in [-0.15, -0.1) is 0 Å². The van der Waals surface area contributed by atoms with E-state index in [1.807, 2.05) is 30.3 Å². The fraction of sp³-hybridized carbons (Fsp3) is 0.0588. The molecule has 3 nitrogen and oxygen atoms in total. The van der Waals surface area contributed by atoms with Crippen molar-refractivity contribution in [2.24, 2.45) is 0 Å². The highest BCUT2D eigenvalue weighted by Gasteiger charge is 2.06. The first-order chi connectivity index (χ1) is 11.0. The van der Waals surface area contributed by atoms with Gasteiger partial charge in [0.2, 0.25) is 0 Å². The van der Waals surface area contributed by atoms with Crippen LogP contribution in [-0.4, -0.2) is 9.78 Å². The standard InChI is InChI=1S/C17H11BrCl2N2O/c18-13-4-2-12(3-5-13)16-7-8-17(23)22(21-16)10-11-1-6-14(19)15(20)9-11/h1-9H,10H2. The van der Waals surface area contributed by atoms with E-state index in [2.05, 4.69) is 21.0 Å². The van der Waals surface area contributed by atoms with Crippen molar-refractivity contribution in [1.82, 2.24) is 9.78 Å². The van der Waals surface area contributed by atoms with E-state index in [0.717, 1.165) is 21.3 Å². The van der Waals surface area contributed by atoms with Crippen LogP contribution in [0.15, 0.2) is 63.9 Å². The molecule has 0 bridgehead atoms. The Labute approximate surface area is 151 Å². The maximum absolute atomic E-state index is 12.0. The molecule has 1 heterocycles. The topological polar surface area (TPSA) is 34.9 Å². The summed E-state index contributed by atoms with van der Waals surface area (Å²) >= 11 is 15.3. The molecule has 0 amide bonds. The highest BCUT2D eigenvalue weighted by atomic mass is 79.9. The van der Waals surface area contributed by atoms with Gasteiger partial charge >= 0.3 is 0 Å². The lowest BCUT2D eigenvalue weighted by molar-refractivity contribution is 0.643. The molecule has 0 aliphatic rings. The molecule has 0 saturated heterocycles. The number of rotatable bonds is 3. The quantitative estimate of drug-likeness (QED) is 0.608. The molecule has 2 aromatic carbocycles. The van der Waals surface area contributed by atoms with Crippen molar-refractivity contribution in [3.63, 3.8) is 0 Å². The Bertz CT molecular complexity index is 907. The van der Waals surface area contributed by atoms with Gasteiger partial charge in [0, 0.05) is 16.1 Å². The summed E-state index contributed by atoms with van der Waals surface area (Å²) in [6.45, 7) is 0.333. The summed E-state index contributed by atoms with van der Waals surface area (Å²) in [4.78, 5) is 12.0. The van der Waals surface area contributed by atoms with E-state index in [1.165, 1.54) is 10.7 Å². The number of aromatic nitrogens is 2. The molecule has 0 spiro atoms. The SMILES string of the molecule is O=c1ccc(-c2ccc(Br)cc2)nn1Cc1ccc(Cl)c(Cl)c1. The number of halogens is 3. The Morgan fingerprint density at radius 3 is 2.39 bits per heavy atom. The van der Waals surface area contributed by atoms with Crippen LogP contribution >= 0.6 is 39.1 Å². The van der Waals surface area contributed by atoms with Crippen LogP contribution in [0, 0.1) is 0 Å². The van der Waals surface area contributed by atoms with Crippen LogP contribution in [0.1, 0.15) is 5.56 Å². The smallest absolute Gasteiger partial charge is 0.267 e. The number of hydrogen-bond donors (Lipinski definition) is 0. The normalized spacial score (nSPS) is 10.7. The van der Waals surface area contributed by atoms with Gasteiger partial charge in [-0.2, -0.15) is 5.10 Å². The molecule has 0 saturated carbocycles. The van der Waals surface area contributed by atoms with Crippen LogP contribution < -0.4 is 5.56 Å². The maximum atomic E-state index is 12.0. The molecule has 0 fully saturated rings. The molecule has 3 aromatic rings. The third-order valence-electron chi connectivity index (χ3n) is 3.32. The van der Waals surface area contributed by atoms with Gasteiger partial charge in [-0.1, -0.05) is 57.3 Å². The summed E-state index contributed by atoms with van der Waals surface area (Å²) in [7, 11) is 0. The van der Waals surface area contributed by atoms with Crippen LogP contribution in [-0.2, 0) is 6.54 Å². The van der Waals surface area contributed by atoms with Crippen molar-refractivity contribution in [2.75, 3.05) is 0 Å². The first-order valence-corrected chi connectivity index (χ1v) is 8.36. The van der Waals surface area contributed by atoms with Gasteiger partial charge in [0.25, 0.3) is 5.56 Å². The molecular formula is C17H11BrCl2N2O. The second kappa shape index (κ2) is 6.87. The second-order valence-corrected chi connectivity index (χ2v) is 6.70. The molecule has 0 N–H and O–H groups in total. The zero-order valence-electron chi connectivity index (χ0n) is 11.8. The molecular weight excluding hydrogens is 399 g/mol. The molecule has 0 radical (unpaired) electrons. The number of benzene rings is 2. The predicted molar refractivity (Wildman–Crippen MR) is 97.2 cm³/mol. The summed E-state index contributed by atoms with van der Waals surface area (Å²) in [6, 6.07) is 16.3. The third-order valence-corrected chi connectivity index (χ3v) is 4.59. The Morgan fingerprint density at radius 1 is 0.957 bits per heavy atom. The van der Waals surface area contributed by atoms with Crippen LogP contribution in [0.25, 0.3) is 11.3 Å². The Morgan fingerprint density at radius 2 is 1.70 bits per heavy atom. The van der Waals surface area contributed by atoms with Crippen LogP contribution in [0.4, 0.5) is 0 Å². The average Bonchev–Trinajstić information content (AvgIpc) is 2.54. The Balaban J connectivity index is 1.96. The van der Waals surface area contributed by atoms with E-state index in [-0.39, 0.29) is 5.56 Å². The van der Waals surface area contributed by atoms with Crippen LogP contribution in [0.5, 0.6) is 0 Å². The van der Waals surface area contributed by atoms with Crippen molar-refractivity contribution in [3.8, 4) is 11.3 Å². The monoisotopic (exact) mass is 408 g/mol.